The lowest BCUT2D eigenvalue weighted by Crippen LogP contribution is -2.51. The van der Waals surface area contributed by atoms with Crippen LogP contribution in [0.2, 0.25) is 0 Å². The van der Waals surface area contributed by atoms with E-state index in [4.69, 9.17) is 9.47 Å². The summed E-state index contributed by atoms with van der Waals surface area (Å²) in [6.07, 6.45) is 4.98. The first-order chi connectivity index (χ1) is 10.9. The second kappa shape index (κ2) is 7.84. The quantitative estimate of drug-likeness (QED) is 0.889. The van der Waals surface area contributed by atoms with Gasteiger partial charge in [0.1, 0.15) is 5.75 Å². The fourth-order valence-electron chi connectivity index (χ4n) is 4.31. The van der Waals surface area contributed by atoms with Gasteiger partial charge in [0, 0.05) is 36.7 Å². The topological polar surface area (TPSA) is 42.5 Å². The fourth-order valence-corrected chi connectivity index (χ4v) is 4.31. The Hall–Kier alpha value is -0.810. The number of hydrogen-bond acceptors (Lipinski definition) is 4. The predicted molar refractivity (Wildman–Crippen MR) is 93.4 cm³/mol. The standard InChI is InChI=1S/C18H26N2O2.ClH/c1-2-7-18-14(4-1)16(8-10-22-18)20-15-6-3-5-13(15)17-12-21-11-9-19-17;/h1-2,4,7,13,15-17,19-20H,3,5-6,8-12H2;1H. The normalized spacial score (nSPS) is 33.4. The zero-order valence-corrected chi connectivity index (χ0v) is 14.3. The zero-order valence-electron chi connectivity index (χ0n) is 13.5. The molecule has 1 aliphatic carbocycles. The molecule has 0 amide bonds. The van der Waals surface area contributed by atoms with Crippen LogP contribution in [0.15, 0.2) is 24.3 Å². The Bertz CT molecular complexity index is 508. The average Bonchev–Trinajstić information content (AvgIpc) is 3.04. The van der Waals surface area contributed by atoms with Gasteiger partial charge >= 0.3 is 0 Å². The van der Waals surface area contributed by atoms with Crippen molar-refractivity contribution in [3.8, 4) is 5.75 Å². The van der Waals surface area contributed by atoms with Crippen LogP contribution in [0.4, 0.5) is 0 Å². The Balaban J connectivity index is 0.00000156. The molecule has 0 spiro atoms. The number of hydrogen-bond donors (Lipinski definition) is 2. The summed E-state index contributed by atoms with van der Waals surface area (Å²) in [7, 11) is 0. The van der Waals surface area contributed by atoms with Gasteiger partial charge in [-0.1, -0.05) is 24.6 Å². The molecule has 1 aromatic rings. The average molecular weight is 339 g/mol. The maximum Gasteiger partial charge on any atom is 0.124 e. The summed E-state index contributed by atoms with van der Waals surface area (Å²) in [6.45, 7) is 3.53. The highest BCUT2D eigenvalue weighted by atomic mass is 35.5. The largest absolute Gasteiger partial charge is 0.493 e. The van der Waals surface area contributed by atoms with E-state index in [-0.39, 0.29) is 12.4 Å². The number of halogens is 1. The van der Waals surface area contributed by atoms with Crippen molar-refractivity contribution in [1.82, 2.24) is 10.6 Å². The third-order valence-electron chi connectivity index (χ3n) is 5.41. The van der Waals surface area contributed by atoms with Gasteiger partial charge in [0.15, 0.2) is 0 Å². The van der Waals surface area contributed by atoms with Gasteiger partial charge in [0.2, 0.25) is 0 Å². The smallest absolute Gasteiger partial charge is 0.124 e. The van der Waals surface area contributed by atoms with E-state index in [2.05, 4.69) is 34.9 Å². The molecule has 128 valence electrons. The Morgan fingerprint density at radius 2 is 2.00 bits per heavy atom. The van der Waals surface area contributed by atoms with E-state index in [1.165, 1.54) is 24.8 Å². The van der Waals surface area contributed by atoms with Gasteiger partial charge in [-0.25, -0.2) is 0 Å². The Kier molecular flexibility index (Phi) is 5.81. The number of para-hydroxylation sites is 1. The molecule has 23 heavy (non-hydrogen) atoms. The van der Waals surface area contributed by atoms with Gasteiger partial charge in [0.05, 0.1) is 19.8 Å². The molecule has 1 aromatic carbocycles. The summed E-state index contributed by atoms with van der Waals surface area (Å²) in [4.78, 5) is 0. The molecule has 3 aliphatic rings. The van der Waals surface area contributed by atoms with E-state index in [9.17, 15) is 0 Å². The third-order valence-corrected chi connectivity index (χ3v) is 5.41. The maximum absolute atomic E-state index is 5.79. The monoisotopic (exact) mass is 338 g/mol. The van der Waals surface area contributed by atoms with Crippen LogP contribution in [0.3, 0.4) is 0 Å². The van der Waals surface area contributed by atoms with Crippen molar-refractivity contribution in [2.45, 2.75) is 43.8 Å². The second-order valence-electron chi connectivity index (χ2n) is 6.73. The van der Waals surface area contributed by atoms with E-state index in [0.29, 0.717) is 24.0 Å². The molecule has 4 unspecified atom stereocenters. The molecule has 0 radical (unpaired) electrons. The van der Waals surface area contributed by atoms with Crippen LogP contribution in [-0.4, -0.2) is 38.4 Å². The molecule has 0 bridgehead atoms. The van der Waals surface area contributed by atoms with E-state index in [1.54, 1.807) is 0 Å². The first kappa shape index (κ1) is 17.0. The summed E-state index contributed by atoms with van der Waals surface area (Å²) < 4.78 is 11.5. The molecule has 4 rings (SSSR count). The van der Waals surface area contributed by atoms with Crippen LogP contribution in [0, 0.1) is 5.92 Å². The predicted octanol–water partition coefficient (Wildman–Crippen LogP) is 2.68. The van der Waals surface area contributed by atoms with Crippen LogP contribution >= 0.6 is 12.4 Å². The molecule has 2 N–H and O–H groups in total. The third kappa shape index (κ3) is 3.66. The minimum absolute atomic E-state index is 0. The summed E-state index contributed by atoms with van der Waals surface area (Å²) in [6, 6.07) is 10.0. The van der Waals surface area contributed by atoms with E-state index < -0.39 is 0 Å². The molecule has 2 fully saturated rings. The van der Waals surface area contributed by atoms with E-state index in [0.717, 1.165) is 38.5 Å². The molecule has 2 aliphatic heterocycles. The number of morpholine rings is 1. The van der Waals surface area contributed by atoms with Crippen molar-refractivity contribution in [3.05, 3.63) is 29.8 Å². The van der Waals surface area contributed by atoms with Gasteiger partial charge in [-0.05, 0) is 24.8 Å². The Morgan fingerprint density at radius 1 is 1.09 bits per heavy atom. The molecular weight excluding hydrogens is 312 g/mol. The number of benzene rings is 1. The first-order valence-electron chi connectivity index (χ1n) is 8.71. The SMILES string of the molecule is Cl.c1ccc2c(c1)OCCC2NC1CCCC1C1COCCN1. The minimum atomic E-state index is 0. The lowest BCUT2D eigenvalue weighted by Gasteiger charge is -2.36. The summed E-state index contributed by atoms with van der Waals surface area (Å²) in [5.41, 5.74) is 1.33. The lowest BCUT2D eigenvalue weighted by molar-refractivity contribution is 0.0511. The van der Waals surface area contributed by atoms with Crippen molar-refractivity contribution < 1.29 is 9.47 Å². The molecule has 5 heteroatoms. The Morgan fingerprint density at radius 3 is 2.87 bits per heavy atom. The number of ether oxygens (including phenoxy) is 2. The fraction of sp³-hybridized carbons (Fsp3) is 0.667. The van der Waals surface area contributed by atoms with Crippen LogP contribution < -0.4 is 15.4 Å². The zero-order chi connectivity index (χ0) is 14.8. The summed E-state index contributed by atoms with van der Waals surface area (Å²) >= 11 is 0. The van der Waals surface area contributed by atoms with E-state index in [1.807, 2.05) is 0 Å². The highest BCUT2D eigenvalue weighted by Crippen LogP contribution is 2.36. The molecule has 4 atom stereocenters. The molecule has 1 saturated heterocycles. The van der Waals surface area contributed by atoms with E-state index >= 15 is 0 Å². The minimum Gasteiger partial charge on any atom is -0.493 e. The molecular formula is C18H27ClN2O2. The van der Waals surface area contributed by atoms with Crippen molar-refractivity contribution in [2.24, 2.45) is 5.92 Å². The summed E-state index contributed by atoms with van der Waals surface area (Å²) in [5.74, 6) is 1.75. The highest BCUT2D eigenvalue weighted by Gasteiger charge is 2.36. The molecule has 2 heterocycles. The van der Waals surface area contributed by atoms with Crippen molar-refractivity contribution >= 4 is 12.4 Å². The summed E-state index contributed by atoms with van der Waals surface area (Å²) in [5, 5.41) is 7.60. The highest BCUT2D eigenvalue weighted by molar-refractivity contribution is 5.85. The number of rotatable bonds is 3. The Labute approximate surface area is 144 Å². The van der Waals surface area contributed by atoms with Gasteiger partial charge in [0.25, 0.3) is 0 Å². The second-order valence-corrected chi connectivity index (χ2v) is 6.73. The molecule has 4 nitrogen and oxygen atoms in total. The molecule has 1 saturated carbocycles. The first-order valence-corrected chi connectivity index (χ1v) is 8.71. The number of nitrogens with one attached hydrogen (secondary N) is 2. The van der Waals surface area contributed by atoms with Crippen LogP contribution in [0.25, 0.3) is 0 Å². The van der Waals surface area contributed by atoms with Gasteiger partial charge < -0.3 is 20.1 Å². The van der Waals surface area contributed by atoms with Crippen LogP contribution in [-0.2, 0) is 4.74 Å². The van der Waals surface area contributed by atoms with Crippen molar-refractivity contribution in [1.29, 1.82) is 0 Å². The number of fused-ring (bicyclic) bond motifs is 1. The van der Waals surface area contributed by atoms with Gasteiger partial charge in [-0.2, -0.15) is 0 Å². The van der Waals surface area contributed by atoms with Crippen molar-refractivity contribution in [2.75, 3.05) is 26.4 Å². The van der Waals surface area contributed by atoms with Crippen molar-refractivity contribution in [3.63, 3.8) is 0 Å². The van der Waals surface area contributed by atoms with Crippen LogP contribution in [0.1, 0.15) is 37.3 Å². The molecule has 0 aromatic heterocycles. The van der Waals surface area contributed by atoms with Gasteiger partial charge in [-0.3, -0.25) is 0 Å². The maximum atomic E-state index is 5.79. The van der Waals surface area contributed by atoms with Crippen LogP contribution in [0.5, 0.6) is 5.75 Å². The lowest BCUT2D eigenvalue weighted by atomic mass is 9.91. The van der Waals surface area contributed by atoms with Gasteiger partial charge in [-0.15, -0.1) is 12.4 Å².